The van der Waals surface area contributed by atoms with Crippen molar-refractivity contribution in [3.05, 3.63) is 162 Å². The molecule has 0 atom stereocenters. The van der Waals surface area contributed by atoms with Gasteiger partial charge in [0.15, 0.2) is 0 Å². The molecule has 0 saturated carbocycles. The van der Waals surface area contributed by atoms with Gasteiger partial charge in [-0.2, -0.15) is 0 Å². The maximum Gasteiger partial charge on any atom is 0.252 e. The van der Waals surface area contributed by atoms with E-state index in [1.807, 2.05) is 11.3 Å². The van der Waals surface area contributed by atoms with Crippen molar-refractivity contribution in [2.75, 3.05) is 9.80 Å². The standard InChI is InChI=1S/C55H53BN2S/c1-34-29-48-52-49(30-34)58(41-24-18-37(19-25-41)53(2,3)4)47-33-39(55(8,9)10)21-27-45(47)56(52)44-26-20-38(54(5,6)7)32-46(44)57(48)40-22-15-35(16-23-40)36-17-28-51-43(31-36)42-13-11-12-14-50(42)59-51/h11-33H,1-10H3. The van der Waals surface area contributed by atoms with Crippen LogP contribution in [0.5, 0.6) is 0 Å². The summed E-state index contributed by atoms with van der Waals surface area (Å²) in [5.74, 6) is 0. The topological polar surface area (TPSA) is 6.48 Å². The van der Waals surface area contributed by atoms with Gasteiger partial charge in [0, 0.05) is 54.3 Å². The van der Waals surface area contributed by atoms with Crippen LogP contribution in [0.25, 0.3) is 31.3 Å². The van der Waals surface area contributed by atoms with Gasteiger partial charge in [0.1, 0.15) is 0 Å². The molecular weight excluding hydrogens is 731 g/mol. The number of anilines is 6. The molecule has 8 aromatic rings. The third kappa shape index (κ3) is 6.22. The number of fused-ring (bicyclic) bond motifs is 7. The summed E-state index contributed by atoms with van der Waals surface area (Å²) in [4.78, 5) is 5.11. The molecule has 59 heavy (non-hydrogen) atoms. The summed E-state index contributed by atoms with van der Waals surface area (Å²) in [5.41, 5.74) is 19.3. The summed E-state index contributed by atoms with van der Waals surface area (Å²) < 4.78 is 2.67. The predicted molar refractivity (Wildman–Crippen MR) is 260 cm³/mol. The average molecular weight is 785 g/mol. The molecule has 292 valence electrons. The van der Waals surface area contributed by atoms with Crippen LogP contribution in [-0.4, -0.2) is 6.71 Å². The minimum Gasteiger partial charge on any atom is -0.311 e. The lowest BCUT2D eigenvalue weighted by Crippen LogP contribution is -2.61. The highest BCUT2D eigenvalue weighted by Gasteiger charge is 2.44. The van der Waals surface area contributed by atoms with Crippen LogP contribution in [0.1, 0.15) is 84.6 Å². The number of hydrogen-bond acceptors (Lipinski definition) is 3. The molecule has 0 N–H and O–H groups in total. The number of hydrogen-bond donors (Lipinski definition) is 0. The van der Waals surface area contributed by atoms with Crippen molar-refractivity contribution in [2.45, 2.75) is 85.5 Å². The van der Waals surface area contributed by atoms with Crippen molar-refractivity contribution in [2.24, 2.45) is 0 Å². The van der Waals surface area contributed by atoms with E-state index in [0.29, 0.717) is 0 Å². The number of thiophene rings is 1. The van der Waals surface area contributed by atoms with E-state index in [9.17, 15) is 0 Å². The molecule has 2 nitrogen and oxygen atoms in total. The molecule has 7 aromatic carbocycles. The minimum atomic E-state index is -0.00479. The molecule has 0 bridgehead atoms. The summed E-state index contributed by atoms with van der Waals surface area (Å²) in [7, 11) is 0. The van der Waals surface area contributed by atoms with Gasteiger partial charge in [0.05, 0.1) is 0 Å². The summed E-state index contributed by atoms with van der Waals surface area (Å²) in [6.45, 7) is 23.2. The number of benzene rings is 7. The van der Waals surface area contributed by atoms with Gasteiger partial charge in [-0.05, 0) is 140 Å². The first-order valence-corrected chi connectivity index (χ1v) is 22.0. The van der Waals surface area contributed by atoms with E-state index in [2.05, 4.69) is 219 Å². The normalized spacial score (nSPS) is 13.8. The molecule has 0 fully saturated rings. The molecule has 0 aliphatic carbocycles. The molecule has 0 amide bonds. The monoisotopic (exact) mass is 784 g/mol. The number of aryl methyl sites for hydroxylation is 1. The van der Waals surface area contributed by atoms with Crippen LogP contribution in [0.4, 0.5) is 34.1 Å². The van der Waals surface area contributed by atoms with Gasteiger partial charge >= 0.3 is 0 Å². The lowest BCUT2D eigenvalue weighted by atomic mass is 9.33. The van der Waals surface area contributed by atoms with E-state index in [1.54, 1.807) is 0 Å². The van der Waals surface area contributed by atoms with Crippen LogP contribution in [0.15, 0.2) is 140 Å². The Hall–Kier alpha value is -5.58. The van der Waals surface area contributed by atoms with Gasteiger partial charge in [-0.15, -0.1) is 11.3 Å². The zero-order chi connectivity index (χ0) is 41.2. The molecule has 0 unspecified atom stereocenters. The zero-order valence-electron chi connectivity index (χ0n) is 36.2. The highest BCUT2D eigenvalue weighted by molar-refractivity contribution is 7.25. The highest BCUT2D eigenvalue weighted by Crippen LogP contribution is 2.47. The maximum absolute atomic E-state index is 2.56. The molecule has 4 heteroatoms. The van der Waals surface area contributed by atoms with Crippen molar-refractivity contribution < 1.29 is 0 Å². The van der Waals surface area contributed by atoms with Crippen molar-refractivity contribution in [3.63, 3.8) is 0 Å². The van der Waals surface area contributed by atoms with E-state index < -0.39 is 0 Å². The quantitative estimate of drug-likeness (QED) is 0.165. The number of nitrogens with zero attached hydrogens (tertiary/aromatic N) is 2. The van der Waals surface area contributed by atoms with Gasteiger partial charge in [0.2, 0.25) is 0 Å². The van der Waals surface area contributed by atoms with E-state index >= 15 is 0 Å². The lowest BCUT2D eigenvalue weighted by molar-refractivity contribution is 0.590. The van der Waals surface area contributed by atoms with Gasteiger partial charge < -0.3 is 9.80 Å². The van der Waals surface area contributed by atoms with Crippen molar-refractivity contribution >= 4 is 88.7 Å². The smallest absolute Gasteiger partial charge is 0.252 e. The fourth-order valence-electron chi connectivity index (χ4n) is 9.43. The first-order chi connectivity index (χ1) is 28.0. The fraction of sp³-hybridized carbons (Fsp3) is 0.236. The van der Waals surface area contributed by atoms with Gasteiger partial charge in [-0.3, -0.25) is 0 Å². The molecule has 3 heterocycles. The molecule has 0 saturated heterocycles. The van der Waals surface area contributed by atoms with Gasteiger partial charge in [-0.25, -0.2) is 0 Å². The zero-order valence-corrected chi connectivity index (χ0v) is 37.0. The minimum absolute atomic E-state index is 0.00479. The summed E-state index contributed by atoms with van der Waals surface area (Å²) in [5, 5.41) is 2.66. The second-order valence-corrected chi connectivity index (χ2v) is 21.1. The van der Waals surface area contributed by atoms with E-state index in [4.69, 9.17) is 0 Å². The van der Waals surface area contributed by atoms with Crippen molar-refractivity contribution in [3.8, 4) is 11.1 Å². The third-order valence-corrected chi connectivity index (χ3v) is 13.9. The molecule has 0 radical (unpaired) electrons. The van der Waals surface area contributed by atoms with Gasteiger partial charge in [0.25, 0.3) is 6.71 Å². The molecule has 0 spiro atoms. The molecule has 2 aliphatic rings. The molecule has 2 aliphatic heterocycles. The van der Waals surface area contributed by atoms with E-state index in [1.165, 1.54) is 104 Å². The van der Waals surface area contributed by atoms with E-state index in [-0.39, 0.29) is 23.0 Å². The van der Waals surface area contributed by atoms with Crippen LogP contribution in [-0.2, 0) is 16.2 Å². The van der Waals surface area contributed by atoms with Crippen LogP contribution >= 0.6 is 11.3 Å². The van der Waals surface area contributed by atoms with Crippen LogP contribution < -0.4 is 26.2 Å². The maximum atomic E-state index is 2.56. The first kappa shape index (κ1) is 37.7. The second kappa shape index (κ2) is 13.2. The largest absolute Gasteiger partial charge is 0.311 e. The Morgan fingerprint density at radius 1 is 0.424 bits per heavy atom. The van der Waals surface area contributed by atoms with Crippen LogP contribution in [0, 0.1) is 6.92 Å². The van der Waals surface area contributed by atoms with Crippen molar-refractivity contribution in [1.82, 2.24) is 0 Å². The number of rotatable bonds is 3. The Morgan fingerprint density at radius 3 is 1.44 bits per heavy atom. The Bertz CT molecular complexity index is 2950. The van der Waals surface area contributed by atoms with Crippen LogP contribution in [0.3, 0.4) is 0 Å². The molecule has 10 rings (SSSR count). The van der Waals surface area contributed by atoms with Gasteiger partial charge in [-0.1, -0.05) is 135 Å². The summed E-state index contributed by atoms with van der Waals surface area (Å²) in [6, 6.07) is 53.8. The Kier molecular flexibility index (Phi) is 8.44. The Morgan fingerprint density at radius 2 is 0.898 bits per heavy atom. The summed E-state index contributed by atoms with van der Waals surface area (Å²) >= 11 is 1.87. The molecule has 1 aromatic heterocycles. The Balaban J connectivity index is 1.19. The summed E-state index contributed by atoms with van der Waals surface area (Å²) in [6.07, 6.45) is 0. The predicted octanol–water partition coefficient (Wildman–Crippen LogP) is 14.0. The SMILES string of the molecule is Cc1cc2c3c(c1)N(c1ccc(C(C)(C)C)cc1)c1cc(C(C)(C)C)ccc1B3c1ccc(C(C)(C)C)cc1N2c1ccc(-c2ccc3sc4ccccc4c3c2)cc1. The fourth-order valence-corrected chi connectivity index (χ4v) is 10.5. The third-order valence-electron chi connectivity index (χ3n) is 12.8. The second-order valence-electron chi connectivity index (χ2n) is 20.0. The molecular formula is C55H53BN2S. The first-order valence-electron chi connectivity index (χ1n) is 21.2. The van der Waals surface area contributed by atoms with Crippen molar-refractivity contribution in [1.29, 1.82) is 0 Å². The average Bonchev–Trinajstić information content (AvgIpc) is 3.57. The van der Waals surface area contributed by atoms with E-state index in [0.717, 1.165) is 0 Å². The Labute approximate surface area is 355 Å². The van der Waals surface area contributed by atoms with Crippen LogP contribution in [0.2, 0.25) is 0 Å². The lowest BCUT2D eigenvalue weighted by Gasteiger charge is -2.45. The highest BCUT2D eigenvalue weighted by atomic mass is 32.1.